The van der Waals surface area contributed by atoms with Crippen molar-refractivity contribution in [3.05, 3.63) is 33.9 Å². The zero-order chi connectivity index (χ0) is 16.1. The Labute approximate surface area is 127 Å². The summed E-state index contributed by atoms with van der Waals surface area (Å²) in [5.74, 6) is -1.02. The van der Waals surface area contributed by atoms with Crippen molar-refractivity contribution in [3.8, 4) is 5.75 Å². The predicted octanol–water partition coefficient (Wildman–Crippen LogP) is 0.677. The van der Waals surface area contributed by atoms with Crippen molar-refractivity contribution in [1.29, 1.82) is 0 Å². The molecule has 1 saturated heterocycles. The number of benzene rings is 1. The molecule has 0 bridgehead atoms. The van der Waals surface area contributed by atoms with Gasteiger partial charge in [0.2, 0.25) is 5.91 Å². The van der Waals surface area contributed by atoms with Gasteiger partial charge < -0.3 is 10.1 Å². The molecule has 22 heavy (non-hydrogen) atoms. The molecule has 0 aliphatic carbocycles. The van der Waals surface area contributed by atoms with Gasteiger partial charge in [-0.25, -0.2) is 0 Å². The normalized spacial score (nSPS) is 17.0. The second-order valence-corrected chi connectivity index (χ2v) is 5.08. The van der Waals surface area contributed by atoms with Gasteiger partial charge in [0.15, 0.2) is 12.4 Å². The quantitative estimate of drug-likeness (QED) is 0.611. The van der Waals surface area contributed by atoms with Gasteiger partial charge in [0.05, 0.1) is 11.0 Å². The van der Waals surface area contributed by atoms with E-state index in [1.165, 1.54) is 12.1 Å². The first kappa shape index (κ1) is 15.9. The average molecular weight is 307 g/mol. The second kappa shape index (κ2) is 6.99. The van der Waals surface area contributed by atoms with E-state index in [1.54, 1.807) is 13.0 Å². The number of carbonyl (C=O) groups is 2. The molecule has 1 heterocycles. The Hall–Kier alpha value is -2.48. The van der Waals surface area contributed by atoms with Crippen molar-refractivity contribution in [3.63, 3.8) is 0 Å². The fraction of sp³-hybridized carbons (Fsp3) is 0.429. The average Bonchev–Trinajstić information content (AvgIpc) is 2.99. The Kier molecular flexibility index (Phi) is 5.05. The minimum atomic E-state index is -0.630. The van der Waals surface area contributed by atoms with Crippen molar-refractivity contribution < 1.29 is 19.2 Å². The van der Waals surface area contributed by atoms with Crippen molar-refractivity contribution in [2.75, 3.05) is 13.2 Å². The van der Waals surface area contributed by atoms with E-state index in [0.717, 1.165) is 18.5 Å². The fourth-order valence-electron chi connectivity index (χ4n) is 2.20. The van der Waals surface area contributed by atoms with Gasteiger partial charge >= 0.3 is 5.69 Å². The third-order valence-electron chi connectivity index (χ3n) is 3.31. The number of ether oxygens (including phenoxy) is 1. The van der Waals surface area contributed by atoms with Crippen LogP contribution in [0.2, 0.25) is 0 Å². The molecule has 1 aromatic carbocycles. The Bertz CT molecular complexity index is 596. The zero-order valence-corrected chi connectivity index (χ0v) is 12.1. The number of rotatable bonds is 5. The summed E-state index contributed by atoms with van der Waals surface area (Å²) in [5, 5.41) is 16.1. The molecule has 1 fully saturated rings. The van der Waals surface area contributed by atoms with E-state index < -0.39 is 23.3 Å². The van der Waals surface area contributed by atoms with Gasteiger partial charge in [0.25, 0.3) is 5.91 Å². The minimum Gasteiger partial charge on any atom is -0.477 e. The minimum absolute atomic E-state index is 0.00610. The molecule has 1 atom stereocenters. The lowest BCUT2D eigenvalue weighted by Gasteiger charge is -2.11. The summed E-state index contributed by atoms with van der Waals surface area (Å²) in [5.41, 5.74) is 0.550. The molecule has 0 saturated carbocycles. The molecule has 0 radical (unpaired) electrons. The first-order chi connectivity index (χ1) is 10.5. The third kappa shape index (κ3) is 4.01. The highest BCUT2D eigenvalue weighted by atomic mass is 16.6. The van der Waals surface area contributed by atoms with Gasteiger partial charge in [0, 0.05) is 6.07 Å². The smallest absolute Gasteiger partial charge is 0.310 e. The Morgan fingerprint density at radius 2 is 2.27 bits per heavy atom. The van der Waals surface area contributed by atoms with Crippen LogP contribution in [0.3, 0.4) is 0 Å². The van der Waals surface area contributed by atoms with Gasteiger partial charge in [0.1, 0.15) is 0 Å². The molecule has 2 amide bonds. The number of hydrogen-bond donors (Lipinski definition) is 2. The van der Waals surface area contributed by atoms with Crippen molar-refractivity contribution in [1.82, 2.24) is 10.6 Å². The van der Waals surface area contributed by atoms with Crippen LogP contribution in [-0.4, -0.2) is 35.9 Å². The van der Waals surface area contributed by atoms with Crippen LogP contribution in [-0.2, 0) is 9.59 Å². The summed E-state index contributed by atoms with van der Waals surface area (Å²) in [6.07, 6.45) is 1.57. The monoisotopic (exact) mass is 307 g/mol. The number of nitrogens with one attached hydrogen (secondary N) is 2. The van der Waals surface area contributed by atoms with Crippen LogP contribution in [0.4, 0.5) is 5.69 Å². The summed E-state index contributed by atoms with van der Waals surface area (Å²) in [4.78, 5) is 33.7. The largest absolute Gasteiger partial charge is 0.477 e. The summed E-state index contributed by atoms with van der Waals surface area (Å²) in [6, 6.07) is 4.01. The van der Waals surface area contributed by atoms with Gasteiger partial charge in [-0.2, -0.15) is 0 Å². The van der Waals surface area contributed by atoms with Crippen LogP contribution in [0.1, 0.15) is 18.4 Å². The van der Waals surface area contributed by atoms with Crippen molar-refractivity contribution in [2.24, 2.45) is 0 Å². The lowest BCUT2D eigenvalue weighted by atomic mass is 10.2. The molecular weight excluding hydrogens is 290 g/mol. The third-order valence-corrected chi connectivity index (χ3v) is 3.31. The maximum Gasteiger partial charge on any atom is 0.310 e. The topological polar surface area (TPSA) is 111 Å². The number of carbonyl (C=O) groups excluding carboxylic acids is 2. The number of imide groups is 1. The molecule has 2 N–H and O–H groups in total. The number of hydrogen-bond acceptors (Lipinski definition) is 6. The van der Waals surface area contributed by atoms with Gasteiger partial charge in [-0.15, -0.1) is 0 Å². The molecule has 0 aromatic heterocycles. The molecule has 8 nitrogen and oxygen atoms in total. The highest BCUT2D eigenvalue weighted by Crippen LogP contribution is 2.27. The van der Waals surface area contributed by atoms with Crippen LogP contribution >= 0.6 is 0 Å². The van der Waals surface area contributed by atoms with Crippen molar-refractivity contribution >= 4 is 17.5 Å². The number of nitro benzene ring substituents is 1. The Morgan fingerprint density at radius 1 is 1.50 bits per heavy atom. The van der Waals surface area contributed by atoms with E-state index in [1.807, 2.05) is 0 Å². The number of nitrogens with zero attached hydrogens (tertiary/aromatic N) is 1. The summed E-state index contributed by atoms with van der Waals surface area (Å²) in [6.45, 7) is 2.05. The van der Waals surface area contributed by atoms with E-state index in [0.29, 0.717) is 6.42 Å². The zero-order valence-electron chi connectivity index (χ0n) is 12.1. The van der Waals surface area contributed by atoms with Gasteiger partial charge in [-0.3, -0.25) is 25.0 Å². The van der Waals surface area contributed by atoms with E-state index in [9.17, 15) is 19.7 Å². The molecule has 118 valence electrons. The van der Waals surface area contributed by atoms with E-state index in [-0.39, 0.29) is 17.5 Å². The van der Waals surface area contributed by atoms with E-state index in [2.05, 4.69) is 10.6 Å². The van der Waals surface area contributed by atoms with Gasteiger partial charge in [-0.1, -0.05) is 6.07 Å². The lowest BCUT2D eigenvalue weighted by Crippen LogP contribution is -2.44. The highest BCUT2D eigenvalue weighted by Gasteiger charge is 2.24. The molecule has 1 aliphatic rings. The van der Waals surface area contributed by atoms with Crippen LogP contribution in [0.15, 0.2) is 18.2 Å². The highest BCUT2D eigenvalue weighted by molar-refractivity contribution is 5.98. The lowest BCUT2D eigenvalue weighted by molar-refractivity contribution is -0.385. The summed E-state index contributed by atoms with van der Waals surface area (Å²) in [7, 11) is 0. The number of amides is 2. The van der Waals surface area contributed by atoms with Crippen LogP contribution < -0.4 is 15.4 Å². The Morgan fingerprint density at radius 3 is 2.91 bits per heavy atom. The fourth-order valence-corrected chi connectivity index (χ4v) is 2.20. The molecule has 2 rings (SSSR count). The van der Waals surface area contributed by atoms with Crippen LogP contribution in [0.25, 0.3) is 0 Å². The number of aryl methyl sites for hydroxylation is 1. The molecule has 1 unspecified atom stereocenters. The first-order valence-corrected chi connectivity index (χ1v) is 6.92. The maximum atomic E-state index is 11.7. The van der Waals surface area contributed by atoms with Crippen LogP contribution in [0.5, 0.6) is 5.75 Å². The summed E-state index contributed by atoms with van der Waals surface area (Å²) >= 11 is 0. The summed E-state index contributed by atoms with van der Waals surface area (Å²) < 4.78 is 5.18. The molecule has 0 spiro atoms. The first-order valence-electron chi connectivity index (χ1n) is 6.92. The molecular formula is C14H17N3O5. The van der Waals surface area contributed by atoms with Crippen LogP contribution in [0, 0.1) is 17.0 Å². The molecule has 8 heteroatoms. The molecule has 1 aromatic rings. The predicted molar refractivity (Wildman–Crippen MR) is 77.5 cm³/mol. The molecule has 1 aliphatic heterocycles. The van der Waals surface area contributed by atoms with Gasteiger partial charge in [-0.05, 0) is 37.9 Å². The second-order valence-electron chi connectivity index (χ2n) is 5.08. The van der Waals surface area contributed by atoms with E-state index in [4.69, 9.17) is 4.74 Å². The van der Waals surface area contributed by atoms with Crippen molar-refractivity contribution in [2.45, 2.75) is 25.8 Å². The van der Waals surface area contributed by atoms with E-state index >= 15 is 0 Å². The maximum absolute atomic E-state index is 11.7. The number of nitro groups is 1. The SMILES string of the molecule is Cc1ccc([N+](=O)[O-])c(OCC(=O)NC(=O)C2CCCN2)c1. The Balaban J connectivity index is 1.92. The standard InChI is InChI=1S/C14H17N3O5/c1-9-4-5-11(17(20)21)12(7-9)22-8-13(18)16-14(19)10-3-2-6-15-10/h4-5,7,10,15H,2-3,6,8H2,1H3,(H,16,18,19).